The molecule has 0 spiro atoms. The molecular weight excluding hydrogens is 264 g/mol. The third-order valence-corrected chi connectivity index (χ3v) is 5.45. The minimum atomic E-state index is -3.48. The van der Waals surface area contributed by atoms with Crippen LogP contribution in [-0.4, -0.2) is 36.1 Å². The predicted molar refractivity (Wildman–Crippen MR) is 71.2 cm³/mol. The van der Waals surface area contributed by atoms with Gasteiger partial charge in [-0.05, 0) is 32.6 Å². The van der Waals surface area contributed by atoms with Crippen molar-refractivity contribution >= 4 is 10.0 Å². The molecule has 2 fully saturated rings. The lowest BCUT2D eigenvalue weighted by Gasteiger charge is -2.29. The van der Waals surface area contributed by atoms with Crippen molar-refractivity contribution in [3.8, 4) is 0 Å². The third-order valence-electron chi connectivity index (χ3n) is 4.04. The smallest absolute Gasteiger partial charge is 0.259 e. The molecule has 0 aliphatic carbocycles. The molecule has 7 heteroatoms. The van der Waals surface area contributed by atoms with E-state index in [2.05, 4.69) is 15.0 Å². The Morgan fingerprint density at radius 2 is 2.11 bits per heavy atom. The monoisotopic (exact) mass is 284 g/mol. The fourth-order valence-electron chi connectivity index (χ4n) is 3.08. The van der Waals surface area contributed by atoms with Crippen LogP contribution in [0.2, 0.25) is 0 Å². The van der Waals surface area contributed by atoms with E-state index in [1.807, 2.05) is 6.92 Å². The first kappa shape index (κ1) is 13.1. The Morgan fingerprint density at radius 3 is 2.68 bits per heavy atom. The standard InChI is InChI=1S/C12H20N4O2S/c1-2-16-7-12(13-8-16)19(17,18)15-11-5-9-3-4-10(6-11)14-9/h7-11,14-15H,2-6H2,1H3. The summed E-state index contributed by atoms with van der Waals surface area (Å²) in [4.78, 5) is 3.97. The van der Waals surface area contributed by atoms with Crippen LogP contribution in [0.15, 0.2) is 17.6 Å². The van der Waals surface area contributed by atoms with E-state index < -0.39 is 10.0 Å². The van der Waals surface area contributed by atoms with E-state index in [0.29, 0.717) is 12.1 Å². The molecule has 3 heterocycles. The lowest BCUT2D eigenvalue weighted by molar-refractivity contribution is 0.345. The molecule has 1 aromatic heterocycles. The molecular formula is C12H20N4O2S. The number of aryl methyl sites for hydroxylation is 1. The number of rotatable bonds is 4. The molecule has 1 aromatic rings. The van der Waals surface area contributed by atoms with Crippen LogP contribution in [0.25, 0.3) is 0 Å². The second-order valence-electron chi connectivity index (χ2n) is 5.47. The van der Waals surface area contributed by atoms with E-state index in [9.17, 15) is 8.42 Å². The molecule has 2 N–H and O–H groups in total. The fourth-order valence-corrected chi connectivity index (χ4v) is 4.30. The molecule has 2 unspecified atom stereocenters. The molecule has 3 rings (SSSR count). The molecule has 2 aliphatic rings. The highest BCUT2D eigenvalue weighted by atomic mass is 32.2. The highest BCUT2D eigenvalue weighted by molar-refractivity contribution is 7.89. The van der Waals surface area contributed by atoms with Gasteiger partial charge in [0.2, 0.25) is 0 Å². The Hall–Kier alpha value is -0.920. The average molecular weight is 284 g/mol. The minimum Gasteiger partial charge on any atom is -0.336 e. The van der Waals surface area contributed by atoms with Gasteiger partial charge in [-0.3, -0.25) is 0 Å². The molecule has 6 nitrogen and oxygen atoms in total. The number of aromatic nitrogens is 2. The number of fused-ring (bicyclic) bond motifs is 2. The Balaban J connectivity index is 1.71. The van der Waals surface area contributed by atoms with Gasteiger partial charge in [-0.15, -0.1) is 0 Å². The van der Waals surface area contributed by atoms with Gasteiger partial charge in [0.1, 0.15) is 0 Å². The van der Waals surface area contributed by atoms with Crippen LogP contribution in [0.4, 0.5) is 0 Å². The molecule has 106 valence electrons. The largest absolute Gasteiger partial charge is 0.336 e. The molecule has 2 aliphatic heterocycles. The maximum Gasteiger partial charge on any atom is 0.259 e. The molecule has 2 atom stereocenters. The van der Waals surface area contributed by atoms with Gasteiger partial charge in [0.25, 0.3) is 10.0 Å². The van der Waals surface area contributed by atoms with Crippen LogP contribution in [-0.2, 0) is 16.6 Å². The number of sulfonamides is 1. The number of nitrogens with one attached hydrogen (secondary N) is 2. The Bertz CT molecular complexity index is 542. The molecule has 0 radical (unpaired) electrons. The van der Waals surface area contributed by atoms with Crippen LogP contribution in [0, 0.1) is 0 Å². The third kappa shape index (κ3) is 2.68. The zero-order valence-electron chi connectivity index (χ0n) is 11.0. The number of imidazole rings is 1. The van der Waals surface area contributed by atoms with Gasteiger partial charge in [0.05, 0.1) is 6.33 Å². The van der Waals surface area contributed by atoms with Crippen LogP contribution in [0.1, 0.15) is 32.6 Å². The number of hydrogen-bond donors (Lipinski definition) is 2. The molecule has 2 saturated heterocycles. The molecule has 19 heavy (non-hydrogen) atoms. The van der Waals surface area contributed by atoms with Gasteiger partial charge in [0, 0.05) is 30.9 Å². The lowest BCUT2D eigenvalue weighted by atomic mass is 10.0. The Labute approximate surface area is 113 Å². The summed E-state index contributed by atoms with van der Waals surface area (Å²) in [5.41, 5.74) is 0. The second-order valence-corrected chi connectivity index (χ2v) is 7.13. The van der Waals surface area contributed by atoms with Crippen molar-refractivity contribution in [3.63, 3.8) is 0 Å². The zero-order chi connectivity index (χ0) is 13.5. The lowest BCUT2D eigenvalue weighted by Crippen LogP contribution is -2.47. The highest BCUT2D eigenvalue weighted by Gasteiger charge is 2.35. The summed E-state index contributed by atoms with van der Waals surface area (Å²) in [5.74, 6) is 0. The Morgan fingerprint density at radius 1 is 1.42 bits per heavy atom. The van der Waals surface area contributed by atoms with Crippen molar-refractivity contribution in [2.45, 2.75) is 62.3 Å². The zero-order valence-corrected chi connectivity index (χ0v) is 11.9. The van der Waals surface area contributed by atoms with Crippen LogP contribution in [0.5, 0.6) is 0 Å². The Kier molecular flexibility index (Phi) is 3.36. The summed E-state index contributed by atoms with van der Waals surface area (Å²) in [6.45, 7) is 2.68. The van der Waals surface area contributed by atoms with Crippen molar-refractivity contribution in [1.82, 2.24) is 19.6 Å². The molecule has 0 aromatic carbocycles. The van der Waals surface area contributed by atoms with E-state index in [1.54, 1.807) is 17.1 Å². The van der Waals surface area contributed by atoms with Crippen molar-refractivity contribution in [2.75, 3.05) is 0 Å². The first-order valence-corrected chi connectivity index (χ1v) is 8.35. The van der Waals surface area contributed by atoms with E-state index in [4.69, 9.17) is 0 Å². The van der Waals surface area contributed by atoms with Crippen LogP contribution in [0.3, 0.4) is 0 Å². The predicted octanol–water partition coefficient (Wildman–Crippen LogP) is 0.464. The van der Waals surface area contributed by atoms with E-state index in [1.165, 1.54) is 0 Å². The SMILES string of the molecule is CCn1cnc(S(=O)(=O)NC2CC3CCC(C2)N3)c1. The molecule has 0 amide bonds. The number of hydrogen-bond acceptors (Lipinski definition) is 4. The second kappa shape index (κ2) is 4.88. The quantitative estimate of drug-likeness (QED) is 0.842. The first-order valence-electron chi connectivity index (χ1n) is 6.87. The topological polar surface area (TPSA) is 76.0 Å². The van der Waals surface area contributed by atoms with E-state index >= 15 is 0 Å². The van der Waals surface area contributed by atoms with Gasteiger partial charge >= 0.3 is 0 Å². The first-order chi connectivity index (χ1) is 9.06. The fraction of sp³-hybridized carbons (Fsp3) is 0.750. The van der Waals surface area contributed by atoms with Gasteiger partial charge < -0.3 is 9.88 Å². The maximum atomic E-state index is 12.3. The van der Waals surface area contributed by atoms with Gasteiger partial charge in [-0.25, -0.2) is 18.1 Å². The van der Waals surface area contributed by atoms with E-state index in [-0.39, 0.29) is 11.1 Å². The van der Waals surface area contributed by atoms with Crippen LogP contribution >= 0.6 is 0 Å². The highest BCUT2D eigenvalue weighted by Crippen LogP contribution is 2.27. The summed E-state index contributed by atoms with van der Waals surface area (Å²) in [7, 11) is -3.48. The number of piperidine rings is 1. The summed E-state index contributed by atoms with van der Waals surface area (Å²) < 4.78 is 29.1. The van der Waals surface area contributed by atoms with Gasteiger partial charge in [0.15, 0.2) is 5.03 Å². The van der Waals surface area contributed by atoms with Crippen molar-refractivity contribution in [2.24, 2.45) is 0 Å². The minimum absolute atomic E-state index is 0.0375. The van der Waals surface area contributed by atoms with Crippen molar-refractivity contribution < 1.29 is 8.42 Å². The summed E-state index contributed by atoms with van der Waals surface area (Å²) in [6, 6.07) is 0.981. The van der Waals surface area contributed by atoms with E-state index in [0.717, 1.165) is 32.2 Å². The summed E-state index contributed by atoms with van der Waals surface area (Å²) >= 11 is 0. The van der Waals surface area contributed by atoms with Gasteiger partial charge in [-0.2, -0.15) is 0 Å². The van der Waals surface area contributed by atoms with Crippen molar-refractivity contribution in [1.29, 1.82) is 0 Å². The normalized spacial score (nSPS) is 30.7. The van der Waals surface area contributed by atoms with Gasteiger partial charge in [-0.1, -0.05) is 0 Å². The average Bonchev–Trinajstić information content (AvgIpc) is 2.96. The van der Waals surface area contributed by atoms with Crippen molar-refractivity contribution in [3.05, 3.63) is 12.5 Å². The number of nitrogens with zero attached hydrogens (tertiary/aromatic N) is 2. The summed E-state index contributed by atoms with van der Waals surface area (Å²) in [5, 5.41) is 3.63. The summed E-state index contributed by atoms with van der Waals surface area (Å²) in [6.07, 6.45) is 7.22. The van der Waals surface area contributed by atoms with Crippen LogP contribution < -0.4 is 10.0 Å². The maximum absolute atomic E-state index is 12.3. The molecule has 2 bridgehead atoms. The molecule has 0 saturated carbocycles.